The number of aldehydes is 1. The van der Waals surface area contributed by atoms with Crippen LogP contribution >= 0.6 is 0 Å². The van der Waals surface area contributed by atoms with E-state index in [0.717, 1.165) is 10.6 Å². The third kappa shape index (κ3) is 2.45. The number of carbonyl (C=O) groups excluding carboxylic acids is 1. The second-order valence-corrected chi connectivity index (χ2v) is 4.20. The fourth-order valence-corrected chi connectivity index (χ4v) is 1.04. The molecule has 0 radical (unpaired) electrons. The minimum Gasteiger partial charge on any atom is -0.302 e. The smallest absolute Gasteiger partial charge is 0.211 e. The first kappa shape index (κ1) is 9.58. The molecule has 0 fully saturated rings. The topological polar surface area (TPSA) is 54.5 Å². The summed E-state index contributed by atoms with van der Waals surface area (Å²) in [4.78, 5) is 10.1. The van der Waals surface area contributed by atoms with E-state index in [4.69, 9.17) is 0 Å². The Morgan fingerprint density at radius 3 is 2.00 bits per heavy atom. The highest BCUT2D eigenvalue weighted by molar-refractivity contribution is 7.88. The molecule has 4 nitrogen and oxygen atoms in total. The van der Waals surface area contributed by atoms with Gasteiger partial charge in [0.15, 0.2) is 0 Å². The van der Waals surface area contributed by atoms with E-state index in [1.54, 1.807) is 0 Å². The summed E-state index contributed by atoms with van der Waals surface area (Å²) in [5.41, 5.74) is 0. The van der Waals surface area contributed by atoms with Gasteiger partial charge < -0.3 is 4.79 Å². The van der Waals surface area contributed by atoms with Gasteiger partial charge in [-0.25, -0.2) is 8.42 Å². The molecular weight excluding hydrogens is 154 g/mol. The average Bonchev–Trinajstić information content (AvgIpc) is 1.83. The Hall–Kier alpha value is -0.420. The summed E-state index contributed by atoms with van der Waals surface area (Å²) in [6, 6.07) is -0.574. The van der Waals surface area contributed by atoms with Gasteiger partial charge in [-0.3, -0.25) is 0 Å². The van der Waals surface area contributed by atoms with Gasteiger partial charge in [-0.1, -0.05) is 0 Å². The molecular formula is C5H11NO3S. The zero-order valence-electron chi connectivity index (χ0n) is 6.23. The van der Waals surface area contributed by atoms with Crippen molar-refractivity contribution in [1.29, 1.82) is 0 Å². The lowest BCUT2D eigenvalue weighted by molar-refractivity contribution is -0.110. The van der Waals surface area contributed by atoms with Crippen molar-refractivity contribution < 1.29 is 13.2 Å². The fraction of sp³-hybridized carbons (Fsp3) is 0.800. The van der Waals surface area contributed by atoms with Gasteiger partial charge in [-0.15, -0.1) is 0 Å². The van der Waals surface area contributed by atoms with Crippen molar-refractivity contribution in [3.05, 3.63) is 0 Å². The maximum Gasteiger partial charge on any atom is 0.211 e. The maximum atomic E-state index is 10.7. The largest absolute Gasteiger partial charge is 0.302 e. The number of hydrogen-bond donors (Lipinski definition) is 0. The molecule has 0 aromatic carbocycles. The lowest BCUT2D eigenvalue weighted by Crippen LogP contribution is -2.34. The van der Waals surface area contributed by atoms with Crippen LogP contribution in [0.15, 0.2) is 0 Å². The molecule has 1 atom stereocenters. The van der Waals surface area contributed by atoms with Crippen molar-refractivity contribution in [2.75, 3.05) is 13.3 Å². The third-order valence-corrected chi connectivity index (χ3v) is 2.67. The minimum atomic E-state index is -3.21. The second-order valence-electron chi connectivity index (χ2n) is 2.16. The van der Waals surface area contributed by atoms with Gasteiger partial charge in [0.2, 0.25) is 10.0 Å². The zero-order chi connectivity index (χ0) is 8.36. The number of likely N-dealkylation sites (N-methyl/N-ethyl adjacent to an activating group) is 1. The second kappa shape index (κ2) is 3.12. The Balaban J connectivity index is 4.37. The van der Waals surface area contributed by atoms with Crippen LogP contribution in [0.3, 0.4) is 0 Å². The maximum absolute atomic E-state index is 10.7. The van der Waals surface area contributed by atoms with E-state index in [0.29, 0.717) is 6.29 Å². The molecule has 0 heterocycles. The van der Waals surface area contributed by atoms with E-state index in [-0.39, 0.29) is 0 Å². The Labute approximate surface area is 60.9 Å². The van der Waals surface area contributed by atoms with Crippen LogP contribution in [0.25, 0.3) is 0 Å². The molecule has 0 saturated carbocycles. The van der Waals surface area contributed by atoms with Crippen molar-refractivity contribution in [3.63, 3.8) is 0 Å². The van der Waals surface area contributed by atoms with Crippen molar-refractivity contribution in [2.24, 2.45) is 0 Å². The Bertz CT molecular complexity index is 209. The van der Waals surface area contributed by atoms with Gasteiger partial charge in [-0.2, -0.15) is 4.31 Å². The van der Waals surface area contributed by atoms with Gasteiger partial charge in [0.25, 0.3) is 0 Å². The monoisotopic (exact) mass is 165 g/mol. The Kier molecular flexibility index (Phi) is 2.98. The SMILES string of the molecule is C[C@@H](C=O)N(C)S(C)(=O)=O. The molecule has 0 N–H and O–H groups in total. The predicted molar refractivity (Wildman–Crippen MR) is 38.1 cm³/mol. The Morgan fingerprint density at radius 2 is 1.90 bits per heavy atom. The van der Waals surface area contributed by atoms with Gasteiger partial charge in [0.1, 0.15) is 6.29 Å². The molecule has 0 aliphatic rings. The lowest BCUT2D eigenvalue weighted by Gasteiger charge is -2.16. The van der Waals surface area contributed by atoms with Gasteiger partial charge >= 0.3 is 0 Å². The summed E-state index contributed by atoms with van der Waals surface area (Å²) < 4.78 is 22.4. The number of rotatable bonds is 3. The molecule has 0 spiro atoms. The van der Waals surface area contributed by atoms with Gasteiger partial charge in [-0.05, 0) is 6.92 Å². The predicted octanol–water partition coefficient (Wildman–Crippen LogP) is -0.535. The highest BCUT2D eigenvalue weighted by atomic mass is 32.2. The summed E-state index contributed by atoms with van der Waals surface area (Å²) >= 11 is 0. The first-order valence-corrected chi connectivity index (χ1v) is 4.62. The number of nitrogens with zero attached hydrogens (tertiary/aromatic N) is 1. The van der Waals surface area contributed by atoms with Gasteiger partial charge in [0, 0.05) is 7.05 Å². The summed E-state index contributed by atoms with van der Waals surface area (Å²) in [7, 11) is -1.84. The molecule has 0 aliphatic heterocycles. The van der Waals surface area contributed by atoms with Gasteiger partial charge in [0.05, 0.1) is 12.3 Å². The zero-order valence-corrected chi connectivity index (χ0v) is 7.05. The molecule has 0 aromatic rings. The Morgan fingerprint density at radius 1 is 1.50 bits per heavy atom. The van der Waals surface area contributed by atoms with E-state index in [9.17, 15) is 13.2 Å². The van der Waals surface area contributed by atoms with E-state index in [1.807, 2.05) is 0 Å². The minimum absolute atomic E-state index is 0.574. The van der Waals surface area contributed by atoms with E-state index in [1.165, 1.54) is 14.0 Å². The first-order chi connectivity index (χ1) is 4.39. The van der Waals surface area contributed by atoms with Crippen LogP contribution in [-0.4, -0.2) is 38.4 Å². The van der Waals surface area contributed by atoms with E-state index >= 15 is 0 Å². The van der Waals surface area contributed by atoms with E-state index in [2.05, 4.69) is 0 Å². The van der Waals surface area contributed by atoms with Crippen molar-refractivity contribution in [3.8, 4) is 0 Å². The molecule has 0 unspecified atom stereocenters. The van der Waals surface area contributed by atoms with Crippen molar-refractivity contribution in [1.82, 2.24) is 4.31 Å². The molecule has 0 rings (SSSR count). The highest BCUT2D eigenvalue weighted by Gasteiger charge is 2.16. The molecule has 0 aromatic heterocycles. The van der Waals surface area contributed by atoms with Crippen LogP contribution < -0.4 is 0 Å². The summed E-state index contributed by atoms with van der Waals surface area (Å²) in [6.07, 6.45) is 1.65. The normalized spacial score (nSPS) is 15.2. The van der Waals surface area contributed by atoms with Crippen LogP contribution in [0.5, 0.6) is 0 Å². The molecule has 0 bridgehead atoms. The molecule has 0 aliphatic carbocycles. The summed E-state index contributed by atoms with van der Waals surface area (Å²) in [5.74, 6) is 0. The quantitative estimate of drug-likeness (QED) is 0.528. The molecule has 60 valence electrons. The first-order valence-electron chi connectivity index (χ1n) is 2.78. The van der Waals surface area contributed by atoms with Crippen LogP contribution in [0, 0.1) is 0 Å². The van der Waals surface area contributed by atoms with Crippen LogP contribution in [0.4, 0.5) is 0 Å². The lowest BCUT2D eigenvalue weighted by atomic mass is 10.4. The molecule has 5 heteroatoms. The molecule has 10 heavy (non-hydrogen) atoms. The fourth-order valence-electron chi connectivity index (χ4n) is 0.388. The number of carbonyl (C=O) groups is 1. The average molecular weight is 165 g/mol. The van der Waals surface area contributed by atoms with E-state index < -0.39 is 16.1 Å². The number of hydrogen-bond acceptors (Lipinski definition) is 3. The van der Waals surface area contributed by atoms with Crippen LogP contribution in [-0.2, 0) is 14.8 Å². The number of sulfonamides is 1. The molecule has 0 amide bonds. The van der Waals surface area contributed by atoms with Crippen molar-refractivity contribution >= 4 is 16.3 Å². The summed E-state index contributed by atoms with van der Waals surface area (Å²) in [5, 5.41) is 0. The standard InChI is InChI=1S/C5H11NO3S/c1-5(4-7)6(2)10(3,8)9/h4-5H,1-3H3/t5-/m0/s1. The van der Waals surface area contributed by atoms with Crippen LogP contribution in [0.1, 0.15) is 6.92 Å². The molecule has 0 saturated heterocycles. The third-order valence-electron chi connectivity index (χ3n) is 1.29. The van der Waals surface area contributed by atoms with Crippen LogP contribution in [0.2, 0.25) is 0 Å². The van der Waals surface area contributed by atoms with Crippen molar-refractivity contribution in [2.45, 2.75) is 13.0 Å². The summed E-state index contributed by atoms with van der Waals surface area (Å²) in [6.45, 7) is 1.52. The highest BCUT2D eigenvalue weighted by Crippen LogP contribution is 1.97.